The molecule has 5 rings (SSSR count). The summed E-state index contributed by atoms with van der Waals surface area (Å²) < 4.78 is 0. The molecule has 1 heterocycles. The minimum Gasteiger partial charge on any atom is -0.300 e. The average molecular weight is 400 g/mol. The molecule has 3 aliphatic carbocycles. The minimum atomic E-state index is 0.458. The quantitative estimate of drug-likeness (QED) is 0.538. The van der Waals surface area contributed by atoms with Gasteiger partial charge >= 0.3 is 0 Å². The first-order valence-electron chi connectivity index (χ1n) is 12.0. The van der Waals surface area contributed by atoms with Crippen LogP contribution in [0.25, 0.3) is 0 Å². The van der Waals surface area contributed by atoms with E-state index in [4.69, 9.17) is 4.99 Å². The van der Waals surface area contributed by atoms with Crippen LogP contribution in [0.15, 0.2) is 58.8 Å². The zero-order valence-electron chi connectivity index (χ0n) is 18.0. The summed E-state index contributed by atoms with van der Waals surface area (Å²) in [7, 11) is 0. The largest absolute Gasteiger partial charge is 0.300 e. The lowest BCUT2D eigenvalue weighted by molar-refractivity contribution is -0.120. The number of rotatable bonds is 6. The number of hydrogen-bond donors (Lipinski definition) is 0. The Balaban J connectivity index is 1.19. The number of fused-ring (bicyclic) bond motifs is 1. The number of hydrogen-bond acceptors (Lipinski definition) is 2. The fourth-order valence-electron chi connectivity index (χ4n) is 6.09. The van der Waals surface area contributed by atoms with E-state index in [0.29, 0.717) is 24.0 Å². The van der Waals surface area contributed by atoms with Crippen molar-refractivity contribution >= 4 is 11.5 Å². The molecule has 2 atom stereocenters. The van der Waals surface area contributed by atoms with Gasteiger partial charge in [0.2, 0.25) is 0 Å². The van der Waals surface area contributed by atoms with Crippen LogP contribution >= 0.6 is 0 Å². The maximum atomic E-state index is 12.8. The fraction of sp³-hybridized carbons (Fsp3) is 0.500. The smallest absolute Gasteiger partial charge is 0.133 e. The molecule has 1 aromatic carbocycles. The molecule has 2 heteroatoms. The zero-order valence-corrected chi connectivity index (χ0v) is 18.0. The topological polar surface area (TPSA) is 29.4 Å². The molecule has 1 aromatic rings. The average Bonchev–Trinajstić information content (AvgIpc) is 3.38. The molecule has 2 nitrogen and oxygen atoms in total. The van der Waals surface area contributed by atoms with Crippen LogP contribution in [0.1, 0.15) is 74.5 Å². The molecule has 0 bridgehead atoms. The van der Waals surface area contributed by atoms with Gasteiger partial charge in [-0.15, -0.1) is 0 Å². The van der Waals surface area contributed by atoms with Crippen molar-refractivity contribution in [1.29, 1.82) is 0 Å². The van der Waals surface area contributed by atoms with E-state index in [1.165, 1.54) is 72.1 Å². The van der Waals surface area contributed by atoms with E-state index in [2.05, 4.69) is 36.4 Å². The standard InChI is InChI=1S/C28H33NO/c30-25(16-15-23-8-2-7-21-9-3-13-26(21)23)19-20-6-1-11-24(18-20)28-27-14-4-10-22(27)12-5-17-29-28/h2,4-5,7-8,14,17,20,24H,1,3,6,9-13,15-16,18-19H2. The minimum absolute atomic E-state index is 0.458. The van der Waals surface area contributed by atoms with Crippen molar-refractivity contribution in [1.82, 2.24) is 0 Å². The molecular weight excluding hydrogens is 366 g/mol. The SMILES string of the molecule is O=C(CCc1cccc2c1CCC2)CC1CCCC(C2=NC=CCC3=C2C=CC3)C1. The highest BCUT2D eigenvalue weighted by Gasteiger charge is 2.30. The van der Waals surface area contributed by atoms with E-state index in [-0.39, 0.29) is 0 Å². The first kappa shape index (κ1) is 19.7. The highest BCUT2D eigenvalue weighted by molar-refractivity contribution is 6.06. The monoisotopic (exact) mass is 399 g/mol. The van der Waals surface area contributed by atoms with Gasteiger partial charge in [0.1, 0.15) is 5.78 Å². The van der Waals surface area contributed by atoms with Crippen molar-refractivity contribution in [3.05, 3.63) is 70.5 Å². The Labute approximate surface area is 180 Å². The van der Waals surface area contributed by atoms with Gasteiger partial charge in [-0.3, -0.25) is 9.79 Å². The van der Waals surface area contributed by atoms with Crippen molar-refractivity contribution < 1.29 is 4.79 Å². The summed E-state index contributed by atoms with van der Waals surface area (Å²) in [6.07, 6.45) is 21.7. The third-order valence-corrected chi connectivity index (χ3v) is 7.59. The lowest BCUT2D eigenvalue weighted by Crippen LogP contribution is -2.25. The van der Waals surface area contributed by atoms with Crippen LogP contribution in [-0.4, -0.2) is 11.5 Å². The summed E-state index contributed by atoms with van der Waals surface area (Å²) in [5.74, 6) is 1.51. The summed E-state index contributed by atoms with van der Waals surface area (Å²) in [5.41, 5.74) is 8.70. The summed E-state index contributed by atoms with van der Waals surface area (Å²) in [5, 5.41) is 0. The number of benzene rings is 1. The van der Waals surface area contributed by atoms with Crippen LogP contribution in [0.3, 0.4) is 0 Å². The Kier molecular flexibility index (Phi) is 5.84. The van der Waals surface area contributed by atoms with Gasteiger partial charge in [0.05, 0.1) is 5.71 Å². The lowest BCUT2D eigenvalue weighted by atomic mass is 9.75. The number of carbonyl (C=O) groups excluding carboxylic acids is 1. The van der Waals surface area contributed by atoms with Crippen LogP contribution in [0.4, 0.5) is 0 Å². The van der Waals surface area contributed by atoms with Crippen LogP contribution in [-0.2, 0) is 24.1 Å². The van der Waals surface area contributed by atoms with Crippen LogP contribution in [0, 0.1) is 11.8 Å². The van der Waals surface area contributed by atoms with Crippen LogP contribution in [0.2, 0.25) is 0 Å². The Hall–Kier alpha value is -2.22. The van der Waals surface area contributed by atoms with Crippen molar-refractivity contribution in [2.45, 2.75) is 77.0 Å². The number of nitrogens with zero attached hydrogens (tertiary/aromatic N) is 1. The van der Waals surface area contributed by atoms with Crippen LogP contribution in [0.5, 0.6) is 0 Å². The second-order valence-electron chi connectivity index (χ2n) is 9.61. The van der Waals surface area contributed by atoms with E-state index in [1.807, 2.05) is 6.20 Å². The number of allylic oxidation sites excluding steroid dienone is 5. The molecule has 0 N–H and O–H groups in total. The van der Waals surface area contributed by atoms with Gasteiger partial charge in [-0.2, -0.15) is 0 Å². The molecule has 1 saturated carbocycles. The maximum Gasteiger partial charge on any atom is 0.133 e. The molecule has 0 amide bonds. The number of ketones is 1. The van der Waals surface area contributed by atoms with E-state index in [1.54, 1.807) is 0 Å². The Morgan fingerprint density at radius 2 is 2.00 bits per heavy atom. The summed E-state index contributed by atoms with van der Waals surface area (Å²) in [6.45, 7) is 0. The predicted octanol–water partition coefficient (Wildman–Crippen LogP) is 6.49. The summed E-state index contributed by atoms with van der Waals surface area (Å²) in [6, 6.07) is 6.69. The molecule has 4 aliphatic rings. The van der Waals surface area contributed by atoms with Gasteiger partial charge in [0, 0.05) is 25.0 Å². The Bertz CT molecular complexity index is 945. The first-order chi connectivity index (χ1) is 14.8. The molecule has 0 aromatic heterocycles. The third kappa shape index (κ3) is 4.15. The summed E-state index contributed by atoms with van der Waals surface area (Å²) in [4.78, 5) is 17.7. The van der Waals surface area contributed by atoms with Gasteiger partial charge in [-0.1, -0.05) is 48.4 Å². The predicted molar refractivity (Wildman–Crippen MR) is 124 cm³/mol. The molecule has 156 valence electrons. The Morgan fingerprint density at radius 3 is 2.97 bits per heavy atom. The maximum absolute atomic E-state index is 12.8. The van der Waals surface area contributed by atoms with Gasteiger partial charge in [-0.05, 0) is 86.0 Å². The van der Waals surface area contributed by atoms with Crippen molar-refractivity contribution in [3.8, 4) is 0 Å². The highest BCUT2D eigenvalue weighted by atomic mass is 16.1. The normalized spacial score (nSPS) is 25.1. The molecule has 1 fully saturated rings. The molecule has 30 heavy (non-hydrogen) atoms. The fourth-order valence-corrected chi connectivity index (χ4v) is 6.09. The van der Waals surface area contributed by atoms with Gasteiger partial charge < -0.3 is 0 Å². The molecule has 1 aliphatic heterocycles. The third-order valence-electron chi connectivity index (χ3n) is 7.59. The molecule has 2 unspecified atom stereocenters. The van der Waals surface area contributed by atoms with Crippen LogP contribution < -0.4 is 0 Å². The number of aliphatic imine (C=N–C) groups is 1. The number of Topliss-reactive ketones (excluding diaryl/α,β-unsaturated/α-hetero) is 1. The van der Waals surface area contributed by atoms with Gasteiger partial charge in [0.25, 0.3) is 0 Å². The van der Waals surface area contributed by atoms with Gasteiger partial charge in [0.15, 0.2) is 0 Å². The van der Waals surface area contributed by atoms with Crippen molar-refractivity contribution in [2.75, 3.05) is 0 Å². The molecule has 0 spiro atoms. The summed E-state index contributed by atoms with van der Waals surface area (Å²) >= 11 is 0. The van der Waals surface area contributed by atoms with Gasteiger partial charge in [-0.25, -0.2) is 0 Å². The lowest BCUT2D eigenvalue weighted by Gasteiger charge is -2.30. The zero-order chi connectivity index (χ0) is 20.3. The second-order valence-corrected chi connectivity index (χ2v) is 9.61. The number of carbonyl (C=O) groups is 1. The highest BCUT2D eigenvalue weighted by Crippen LogP contribution is 2.37. The van der Waals surface area contributed by atoms with Crippen molar-refractivity contribution in [2.24, 2.45) is 16.8 Å². The van der Waals surface area contributed by atoms with E-state index in [0.717, 1.165) is 32.1 Å². The van der Waals surface area contributed by atoms with Crippen molar-refractivity contribution in [3.63, 3.8) is 0 Å². The molecule has 0 saturated heterocycles. The van der Waals surface area contributed by atoms with E-state index in [9.17, 15) is 4.79 Å². The first-order valence-corrected chi connectivity index (χ1v) is 12.0. The van der Waals surface area contributed by atoms with E-state index < -0.39 is 0 Å². The Morgan fingerprint density at radius 1 is 1.07 bits per heavy atom. The van der Waals surface area contributed by atoms with E-state index >= 15 is 0 Å². The molecular formula is C28H33NO. The second kappa shape index (κ2) is 8.88. The molecule has 0 radical (unpaired) electrons. The number of aryl methyl sites for hydroxylation is 2.